The number of carbonyl (C=O) groups excluding carboxylic acids is 2. The Balaban J connectivity index is 2.19. The third-order valence-corrected chi connectivity index (χ3v) is 4.45. The highest BCUT2D eigenvalue weighted by Gasteiger charge is 2.42. The maximum Gasteiger partial charge on any atom is 0.330 e. The van der Waals surface area contributed by atoms with Crippen LogP contribution in [-0.2, 0) is 14.4 Å². The molecule has 0 aliphatic carbocycles. The van der Waals surface area contributed by atoms with Crippen molar-refractivity contribution in [3.63, 3.8) is 0 Å². The topological polar surface area (TPSA) is 95.5 Å². The van der Waals surface area contributed by atoms with Crippen LogP contribution in [0.4, 0.5) is 0 Å². The van der Waals surface area contributed by atoms with Crippen LogP contribution in [0.5, 0.6) is 0 Å². The first kappa shape index (κ1) is 16.8. The molecule has 1 aliphatic heterocycles. The molecule has 0 aromatic rings. The molecule has 114 valence electrons. The van der Waals surface area contributed by atoms with E-state index in [1.807, 2.05) is 0 Å². The number of rotatable bonds is 8. The molecule has 1 atom stereocenters. The highest BCUT2D eigenvalue weighted by molar-refractivity contribution is 7.99. The summed E-state index contributed by atoms with van der Waals surface area (Å²) in [7, 11) is 0. The Kier molecular flexibility index (Phi) is 6.84. The molecular formula is C13H22N2O4S. The fraction of sp³-hybridized carbons (Fsp3) is 0.769. The SMILES string of the molecule is CC(=O)NCCCCCC(=O)NC1(C(=O)O)CCSC1. The molecule has 1 aliphatic rings. The Morgan fingerprint density at radius 2 is 2.00 bits per heavy atom. The van der Waals surface area contributed by atoms with Crippen LogP contribution in [0, 0.1) is 0 Å². The van der Waals surface area contributed by atoms with Gasteiger partial charge in [0, 0.05) is 25.6 Å². The first-order valence-corrected chi connectivity index (χ1v) is 7.98. The number of unbranched alkanes of at least 4 members (excludes halogenated alkanes) is 2. The molecule has 6 nitrogen and oxygen atoms in total. The normalized spacial score (nSPS) is 21.4. The van der Waals surface area contributed by atoms with Gasteiger partial charge in [-0.25, -0.2) is 4.79 Å². The summed E-state index contributed by atoms with van der Waals surface area (Å²) in [5, 5.41) is 14.6. The molecule has 0 radical (unpaired) electrons. The summed E-state index contributed by atoms with van der Waals surface area (Å²) in [5.41, 5.74) is -1.07. The molecule has 1 saturated heterocycles. The highest BCUT2D eigenvalue weighted by Crippen LogP contribution is 2.28. The minimum atomic E-state index is -1.07. The standard InChI is InChI=1S/C13H22N2O4S/c1-10(16)14-7-4-2-3-5-11(17)15-13(12(18)19)6-8-20-9-13/h2-9H2,1H3,(H,14,16)(H,15,17)(H,18,19). The molecule has 3 N–H and O–H groups in total. The summed E-state index contributed by atoms with van der Waals surface area (Å²) >= 11 is 1.55. The zero-order chi connectivity index (χ0) is 15.0. The van der Waals surface area contributed by atoms with E-state index in [4.69, 9.17) is 0 Å². The second-order valence-electron chi connectivity index (χ2n) is 5.03. The first-order chi connectivity index (χ1) is 9.46. The van der Waals surface area contributed by atoms with Crippen LogP contribution < -0.4 is 10.6 Å². The zero-order valence-corrected chi connectivity index (χ0v) is 12.6. The Hall–Kier alpha value is -1.24. The van der Waals surface area contributed by atoms with Crippen LogP contribution in [0.25, 0.3) is 0 Å². The van der Waals surface area contributed by atoms with Crippen molar-refractivity contribution in [2.75, 3.05) is 18.1 Å². The van der Waals surface area contributed by atoms with Gasteiger partial charge in [-0.05, 0) is 25.0 Å². The van der Waals surface area contributed by atoms with E-state index in [0.29, 0.717) is 31.6 Å². The molecular weight excluding hydrogens is 280 g/mol. The van der Waals surface area contributed by atoms with Crippen LogP contribution in [0.15, 0.2) is 0 Å². The van der Waals surface area contributed by atoms with Crippen LogP contribution in [0.3, 0.4) is 0 Å². The fourth-order valence-corrected chi connectivity index (χ4v) is 3.39. The van der Waals surface area contributed by atoms with Gasteiger partial charge in [0.25, 0.3) is 0 Å². The van der Waals surface area contributed by atoms with E-state index in [1.54, 1.807) is 11.8 Å². The van der Waals surface area contributed by atoms with Gasteiger partial charge in [0.1, 0.15) is 5.54 Å². The van der Waals surface area contributed by atoms with Gasteiger partial charge in [-0.3, -0.25) is 9.59 Å². The monoisotopic (exact) mass is 302 g/mol. The molecule has 0 aromatic carbocycles. The lowest BCUT2D eigenvalue weighted by Crippen LogP contribution is -2.54. The van der Waals surface area contributed by atoms with E-state index in [2.05, 4.69) is 10.6 Å². The van der Waals surface area contributed by atoms with Crippen molar-refractivity contribution in [3.8, 4) is 0 Å². The lowest BCUT2D eigenvalue weighted by molar-refractivity contribution is -0.146. The van der Waals surface area contributed by atoms with Crippen molar-refractivity contribution in [1.82, 2.24) is 10.6 Å². The van der Waals surface area contributed by atoms with Gasteiger partial charge in [0.15, 0.2) is 0 Å². The molecule has 2 amide bonds. The molecule has 7 heteroatoms. The van der Waals surface area contributed by atoms with Crippen molar-refractivity contribution in [2.45, 2.75) is 44.6 Å². The minimum Gasteiger partial charge on any atom is -0.479 e. The van der Waals surface area contributed by atoms with Crippen LogP contribution >= 0.6 is 11.8 Å². The molecule has 20 heavy (non-hydrogen) atoms. The van der Waals surface area contributed by atoms with E-state index in [-0.39, 0.29) is 11.8 Å². The number of hydrogen-bond donors (Lipinski definition) is 3. The Morgan fingerprint density at radius 3 is 2.55 bits per heavy atom. The minimum absolute atomic E-state index is 0.0510. The highest BCUT2D eigenvalue weighted by atomic mass is 32.2. The van der Waals surface area contributed by atoms with E-state index in [1.165, 1.54) is 6.92 Å². The molecule has 1 rings (SSSR count). The van der Waals surface area contributed by atoms with Gasteiger partial charge in [-0.1, -0.05) is 6.42 Å². The second-order valence-corrected chi connectivity index (χ2v) is 6.14. The maximum absolute atomic E-state index is 11.8. The van der Waals surface area contributed by atoms with Crippen LogP contribution in [0.2, 0.25) is 0 Å². The van der Waals surface area contributed by atoms with E-state index in [0.717, 1.165) is 18.6 Å². The number of hydrogen-bond acceptors (Lipinski definition) is 4. The number of aliphatic carboxylic acids is 1. The van der Waals surface area contributed by atoms with E-state index >= 15 is 0 Å². The third-order valence-electron chi connectivity index (χ3n) is 3.26. The van der Waals surface area contributed by atoms with Crippen molar-refractivity contribution >= 4 is 29.5 Å². The van der Waals surface area contributed by atoms with Crippen LogP contribution in [-0.4, -0.2) is 46.5 Å². The number of carboxylic acid groups (broad SMARTS) is 1. The quantitative estimate of drug-likeness (QED) is 0.575. The van der Waals surface area contributed by atoms with Gasteiger partial charge >= 0.3 is 5.97 Å². The summed E-state index contributed by atoms with van der Waals surface area (Å²) in [6, 6.07) is 0. The Morgan fingerprint density at radius 1 is 1.25 bits per heavy atom. The average molecular weight is 302 g/mol. The van der Waals surface area contributed by atoms with Gasteiger partial charge in [0.2, 0.25) is 11.8 Å². The second kappa shape index (κ2) is 8.14. The largest absolute Gasteiger partial charge is 0.479 e. The fourth-order valence-electron chi connectivity index (χ4n) is 2.07. The smallest absolute Gasteiger partial charge is 0.330 e. The van der Waals surface area contributed by atoms with Gasteiger partial charge in [0.05, 0.1) is 0 Å². The van der Waals surface area contributed by atoms with Crippen molar-refractivity contribution in [1.29, 1.82) is 0 Å². The van der Waals surface area contributed by atoms with Gasteiger partial charge in [-0.2, -0.15) is 11.8 Å². The maximum atomic E-state index is 11.8. The number of carboxylic acids is 1. The van der Waals surface area contributed by atoms with Gasteiger partial charge in [-0.15, -0.1) is 0 Å². The number of nitrogens with one attached hydrogen (secondary N) is 2. The van der Waals surface area contributed by atoms with Crippen molar-refractivity contribution < 1.29 is 19.5 Å². The summed E-state index contributed by atoms with van der Waals surface area (Å²) < 4.78 is 0. The predicted molar refractivity (Wildman–Crippen MR) is 77.6 cm³/mol. The Bertz CT molecular complexity index is 367. The first-order valence-electron chi connectivity index (χ1n) is 6.83. The molecule has 0 bridgehead atoms. The summed E-state index contributed by atoms with van der Waals surface area (Å²) in [4.78, 5) is 33.7. The molecule has 0 spiro atoms. The zero-order valence-electron chi connectivity index (χ0n) is 11.7. The molecule has 1 heterocycles. The van der Waals surface area contributed by atoms with E-state index in [9.17, 15) is 19.5 Å². The van der Waals surface area contributed by atoms with Crippen LogP contribution in [0.1, 0.15) is 39.0 Å². The summed E-state index contributed by atoms with van der Waals surface area (Å²) in [6.07, 6.45) is 3.19. The lowest BCUT2D eigenvalue weighted by atomic mass is 9.99. The van der Waals surface area contributed by atoms with E-state index < -0.39 is 11.5 Å². The summed E-state index contributed by atoms with van der Waals surface area (Å²) in [6.45, 7) is 2.09. The molecule has 0 saturated carbocycles. The lowest BCUT2D eigenvalue weighted by Gasteiger charge is -2.24. The molecule has 1 fully saturated rings. The van der Waals surface area contributed by atoms with Gasteiger partial charge < -0.3 is 15.7 Å². The average Bonchev–Trinajstić information content (AvgIpc) is 2.83. The summed E-state index contributed by atoms with van der Waals surface area (Å²) in [5.74, 6) is 0.0145. The molecule has 1 unspecified atom stereocenters. The number of thioether (sulfide) groups is 1. The van der Waals surface area contributed by atoms with Crippen molar-refractivity contribution in [2.24, 2.45) is 0 Å². The predicted octanol–water partition coefficient (Wildman–Crippen LogP) is 0.759. The number of carbonyl (C=O) groups is 3. The third kappa shape index (κ3) is 5.40. The number of amides is 2. The molecule has 0 aromatic heterocycles. The Labute approximate surface area is 123 Å². The van der Waals surface area contributed by atoms with Crippen molar-refractivity contribution in [3.05, 3.63) is 0 Å².